The summed E-state index contributed by atoms with van der Waals surface area (Å²) in [5.74, 6) is 1.29. The summed E-state index contributed by atoms with van der Waals surface area (Å²) in [6.45, 7) is 9.02. The van der Waals surface area contributed by atoms with Crippen LogP contribution in [-0.4, -0.2) is 32.5 Å². The third-order valence-electron chi connectivity index (χ3n) is 2.87. The van der Waals surface area contributed by atoms with Gasteiger partial charge >= 0.3 is 0 Å². The van der Waals surface area contributed by atoms with Gasteiger partial charge in [-0.15, -0.1) is 0 Å². The van der Waals surface area contributed by atoms with Crippen LogP contribution in [0.1, 0.15) is 47.0 Å². The minimum Gasteiger partial charge on any atom is -0.313 e. The fourth-order valence-corrected chi connectivity index (χ4v) is 2.98. The fourth-order valence-electron chi connectivity index (χ4n) is 1.73. The lowest BCUT2D eigenvalue weighted by molar-refractivity contribution is 0.419. The molecule has 16 heavy (non-hydrogen) atoms. The molecule has 0 radical (unpaired) electrons. The second-order valence-electron chi connectivity index (χ2n) is 4.76. The van der Waals surface area contributed by atoms with Crippen molar-refractivity contribution in [3.05, 3.63) is 0 Å². The summed E-state index contributed by atoms with van der Waals surface area (Å²) < 4.78 is 22.9. The predicted molar refractivity (Wildman–Crippen MR) is 70.5 cm³/mol. The molecule has 0 fully saturated rings. The van der Waals surface area contributed by atoms with Crippen LogP contribution in [0.5, 0.6) is 0 Å². The van der Waals surface area contributed by atoms with Crippen molar-refractivity contribution in [1.82, 2.24) is 5.32 Å². The van der Waals surface area contributed by atoms with Gasteiger partial charge in [-0.2, -0.15) is 0 Å². The Morgan fingerprint density at radius 2 is 1.75 bits per heavy atom. The Kier molecular flexibility index (Phi) is 8.02. The molecule has 0 amide bonds. The maximum absolute atomic E-state index is 11.5. The smallest absolute Gasteiger partial charge is 0.151 e. The second-order valence-corrected chi connectivity index (χ2v) is 7.06. The molecule has 2 atom stereocenters. The van der Waals surface area contributed by atoms with Gasteiger partial charge in [0.05, 0.1) is 5.75 Å². The molecular formula is C12H27NO2S. The van der Waals surface area contributed by atoms with E-state index < -0.39 is 9.84 Å². The highest BCUT2D eigenvalue weighted by Gasteiger charge is 2.11. The van der Waals surface area contributed by atoms with E-state index in [-0.39, 0.29) is 5.75 Å². The first-order chi connectivity index (χ1) is 7.41. The summed E-state index contributed by atoms with van der Waals surface area (Å²) >= 11 is 0. The van der Waals surface area contributed by atoms with Crippen LogP contribution >= 0.6 is 0 Å². The van der Waals surface area contributed by atoms with E-state index in [0.29, 0.717) is 30.7 Å². The van der Waals surface area contributed by atoms with Gasteiger partial charge in [0.15, 0.2) is 9.84 Å². The lowest BCUT2D eigenvalue weighted by Gasteiger charge is -2.17. The first-order valence-corrected chi connectivity index (χ1v) is 8.17. The van der Waals surface area contributed by atoms with Crippen LogP contribution in [0.25, 0.3) is 0 Å². The van der Waals surface area contributed by atoms with Gasteiger partial charge in [0.25, 0.3) is 0 Å². The number of hydrogen-bond donors (Lipinski definition) is 1. The fraction of sp³-hybridized carbons (Fsp3) is 1.00. The van der Waals surface area contributed by atoms with E-state index in [1.54, 1.807) is 0 Å². The maximum atomic E-state index is 11.5. The van der Waals surface area contributed by atoms with Gasteiger partial charge in [0.2, 0.25) is 0 Å². The Morgan fingerprint density at radius 3 is 2.25 bits per heavy atom. The lowest BCUT2D eigenvalue weighted by atomic mass is 10.0. The highest BCUT2D eigenvalue weighted by molar-refractivity contribution is 7.91. The molecule has 0 rings (SSSR count). The van der Waals surface area contributed by atoms with Crippen molar-refractivity contribution in [3.8, 4) is 0 Å². The maximum Gasteiger partial charge on any atom is 0.151 e. The molecule has 2 unspecified atom stereocenters. The van der Waals surface area contributed by atoms with Gasteiger partial charge in [0.1, 0.15) is 0 Å². The lowest BCUT2D eigenvalue weighted by Crippen LogP contribution is -2.32. The Morgan fingerprint density at radius 1 is 1.12 bits per heavy atom. The number of hydrogen-bond acceptors (Lipinski definition) is 3. The first-order valence-electron chi connectivity index (χ1n) is 6.35. The molecule has 0 spiro atoms. The Bertz CT molecular complexity index is 262. The standard InChI is InChI=1S/C12H27NO2S/c1-5-8-16(14,15)9-7-13-12(4)10-11(3)6-2/h11-13H,5-10H2,1-4H3. The van der Waals surface area contributed by atoms with Crippen LogP contribution in [0.2, 0.25) is 0 Å². The van der Waals surface area contributed by atoms with Crippen LogP contribution in [0.15, 0.2) is 0 Å². The zero-order valence-corrected chi connectivity index (χ0v) is 11.9. The van der Waals surface area contributed by atoms with E-state index in [0.717, 1.165) is 6.42 Å². The Labute approximate surface area is 101 Å². The van der Waals surface area contributed by atoms with Crippen LogP contribution in [-0.2, 0) is 9.84 Å². The summed E-state index contributed by atoms with van der Waals surface area (Å²) in [6, 6.07) is 0.409. The average molecular weight is 249 g/mol. The molecule has 0 heterocycles. The molecule has 0 aromatic carbocycles. The molecule has 0 aromatic rings. The second kappa shape index (κ2) is 8.07. The van der Waals surface area contributed by atoms with Crippen molar-refractivity contribution in [2.24, 2.45) is 5.92 Å². The van der Waals surface area contributed by atoms with Gasteiger partial charge in [-0.1, -0.05) is 27.2 Å². The molecule has 0 bridgehead atoms. The number of nitrogens with one attached hydrogen (secondary N) is 1. The SMILES string of the molecule is CCCS(=O)(=O)CCNC(C)CC(C)CC. The summed E-state index contributed by atoms with van der Waals surface area (Å²) in [4.78, 5) is 0. The van der Waals surface area contributed by atoms with Gasteiger partial charge < -0.3 is 5.32 Å². The van der Waals surface area contributed by atoms with Gasteiger partial charge in [-0.3, -0.25) is 0 Å². The van der Waals surface area contributed by atoms with Crippen LogP contribution in [0, 0.1) is 5.92 Å². The topological polar surface area (TPSA) is 46.2 Å². The highest BCUT2D eigenvalue weighted by Crippen LogP contribution is 2.09. The molecule has 0 aromatic heterocycles. The molecule has 0 saturated carbocycles. The van der Waals surface area contributed by atoms with E-state index in [2.05, 4.69) is 26.1 Å². The first kappa shape index (κ1) is 15.9. The van der Waals surface area contributed by atoms with Gasteiger partial charge in [-0.25, -0.2) is 8.42 Å². The summed E-state index contributed by atoms with van der Waals surface area (Å²) in [7, 11) is -2.82. The normalized spacial score (nSPS) is 16.0. The predicted octanol–water partition coefficient (Wildman–Crippen LogP) is 2.23. The Balaban J connectivity index is 3.73. The number of rotatable bonds is 9. The van der Waals surface area contributed by atoms with Gasteiger partial charge in [0, 0.05) is 18.3 Å². The summed E-state index contributed by atoms with van der Waals surface area (Å²) in [5.41, 5.74) is 0. The molecule has 0 aliphatic heterocycles. The van der Waals surface area contributed by atoms with Crippen molar-refractivity contribution in [2.75, 3.05) is 18.1 Å². The average Bonchev–Trinajstić information content (AvgIpc) is 2.16. The monoisotopic (exact) mass is 249 g/mol. The van der Waals surface area contributed by atoms with Crippen LogP contribution in [0.4, 0.5) is 0 Å². The zero-order chi connectivity index (χ0) is 12.6. The number of sulfone groups is 1. The van der Waals surface area contributed by atoms with Crippen molar-refractivity contribution in [2.45, 2.75) is 53.0 Å². The van der Waals surface area contributed by atoms with E-state index in [4.69, 9.17) is 0 Å². The summed E-state index contributed by atoms with van der Waals surface area (Å²) in [5, 5.41) is 3.28. The Hall–Kier alpha value is -0.0900. The van der Waals surface area contributed by atoms with Crippen molar-refractivity contribution in [1.29, 1.82) is 0 Å². The van der Waals surface area contributed by atoms with Crippen molar-refractivity contribution in [3.63, 3.8) is 0 Å². The molecule has 0 saturated heterocycles. The molecule has 0 aliphatic carbocycles. The van der Waals surface area contributed by atoms with E-state index in [1.807, 2.05) is 6.92 Å². The van der Waals surface area contributed by atoms with Crippen molar-refractivity contribution >= 4 is 9.84 Å². The quantitative estimate of drug-likeness (QED) is 0.681. The zero-order valence-electron chi connectivity index (χ0n) is 11.1. The van der Waals surface area contributed by atoms with Gasteiger partial charge in [-0.05, 0) is 25.7 Å². The molecule has 0 aliphatic rings. The minimum absolute atomic E-state index is 0.270. The largest absolute Gasteiger partial charge is 0.313 e. The summed E-state index contributed by atoms with van der Waals surface area (Å²) in [6.07, 6.45) is 3.01. The van der Waals surface area contributed by atoms with E-state index in [9.17, 15) is 8.42 Å². The molecule has 4 heteroatoms. The van der Waals surface area contributed by atoms with Crippen LogP contribution < -0.4 is 5.32 Å². The van der Waals surface area contributed by atoms with Crippen molar-refractivity contribution < 1.29 is 8.42 Å². The van der Waals surface area contributed by atoms with E-state index >= 15 is 0 Å². The third kappa shape index (κ3) is 8.11. The molecule has 3 nitrogen and oxygen atoms in total. The molecular weight excluding hydrogens is 222 g/mol. The van der Waals surface area contributed by atoms with Crippen LogP contribution in [0.3, 0.4) is 0 Å². The molecule has 98 valence electrons. The highest BCUT2D eigenvalue weighted by atomic mass is 32.2. The van der Waals surface area contributed by atoms with E-state index in [1.165, 1.54) is 6.42 Å². The molecule has 1 N–H and O–H groups in total. The minimum atomic E-state index is -2.82. The third-order valence-corrected chi connectivity index (χ3v) is 4.73.